The number of benzene rings is 1. The Morgan fingerprint density at radius 3 is 2.39 bits per heavy atom. The molecule has 1 heterocycles. The van der Waals surface area contributed by atoms with Gasteiger partial charge in [-0.25, -0.2) is 10.2 Å². The van der Waals surface area contributed by atoms with Crippen molar-refractivity contribution in [1.82, 2.24) is 14.6 Å². The molecule has 2 N–H and O–H groups in total. The van der Waals surface area contributed by atoms with E-state index in [-0.39, 0.29) is 5.56 Å². The van der Waals surface area contributed by atoms with Crippen molar-refractivity contribution in [3.63, 3.8) is 0 Å². The molecule has 120 valence electrons. The molecule has 0 atom stereocenters. The van der Waals surface area contributed by atoms with Crippen LogP contribution in [0.5, 0.6) is 5.88 Å². The van der Waals surface area contributed by atoms with Crippen LogP contribution in [-0.2, 0) is 14.1 Å². The molecule has 1 aromatic carbocycles. The number of carbonyl (C=O) groups is 1. The topological polar surface area (TPSA) is 106 Å². The van der Waals surface area contributed by atoms with Crippen LogP contribution in [0, 0.1) is 6.92 Å². The van der Waals surface area contributed by atoms with Crippen LogP contribution in [0.2, 0.25) is 0 Å². The number of rotatable bonds is 3. The largest absolute Gasteiger partial charge is 0.494 e. The van der Waals surface area contributed by atoms with Crippen LogP contribution >= 0.6 is 0 Å². The van der Waals surface area contributed by atoms with Crippen LogP contribution < -0.4 is 16.7 Å². The van der Waals surface area contributed by atoms with Crippen molar-refractivity contribution >= 4 is 12.1 Å². The summed E-state index contributed by atoms with van der Waals surface area (Å²) in [5, 5.41) is 13.5. The minimum Gasteiger partial charge on any atom is -0.494 e. The third-order valence-electron chi connectivity index (χ3n) is 3.34. The summed E-state index contributed by atoms with van der Waals surface area (Å²) in [4.78, 5) is 35.4. The summed E-state index contributed by atoms with van der Waals surface area (Å²) in [7, 11) is 2.60. The Kier molecular flexibility index (Phi) is 4.44. The second-order valence-corrected chi connectivity index (χ2v) is 5.01. The van der Waals surface area contributed by atoms with Crippen molar-refractivity contribution < 1.29 is 9.90 Å². The van der Waals surface area contributed by atoms with E-state index < -0.39 is 23.0 Å². The number of carbonyl (C=O) groups excluding carboxylic acids is 1. The zero-order valence-corrected chi connectivity index (χ0v) is 12.9. The summed E-state index contributed by atoms with van der Waals surface area (Å²) in [6.07, 6.45) is 1.00. The Morgan fingerprint density at radius 1 is 1.17 bits per heavy atom. The average molecular weight is 316 g/mol. The van der Waals surface area contributed by atoms with Crippen molar-refractivity contribution in [2.24, 2.45) is 19.2 Å². The van der Waals surface area contributed by atoms with Gasteiger partial charge in [0.05, 0.1) is 6.21 Å². The Labute approximate surface area is 131 Å². The molecule has 0 aliphatic heterocycles. The first-order chi connectivity index (χ1) is 10.8. The number of hydrazone groups is 1. The molecule has 0 aliphatic rings. The summed E-state index contributed by atoms with van der Waals surface area (Å²) in [6.45, 7) is 1.90. The molecule has 1 aromatic heterocycles. The third-order valence-corrected chi connectivity index (χ3v) is 3.34. The fourth-order valence-corrected chi connectivity index (χ4v) is 1.90. The fraction of sp³-hybridized carbons (Fsp3) is 0.200. The average Bonchev–Trinajstić information content (AvgIpc) is 2.54. The summed E-state index contributed by atoms with van der Waals surface area (Å²) >= 11 is 0. The van der Waals surface area contributed by atoms with Crippen molar-refractivity contribution in [2.45, 2.75) is 6.92 Å². The molecule has 2 aromatic rings. The van der Waals surface area contributed by atoms with E-state index in [4.69, 9.17) is 0 Å². The fourth-order valence-electron chi connectivity index (χ4n) is 1.90. The van der Waals surface area contributed by atoms with E-state index in [0.717, 1.165) is 20.9 Å². The number of aromatic nitrogens is 2. The van der Waals surface area contributed by atoms with Crippen LogP contribution in [0.3, 0.4) is 0 Å². The van der Waals surface area contributed by atoms with Gasteiger partial charge in [-0.1, -0.05) is 17.7 Å². The molecule has 23 heavy (non-hydrogen) atoms. The lowest BCUT2D eigenvalue weighted by Gasteiger charge is -2.07. The van der Waals surface area contributed by atoms with Crippen molar-refractivity contribution in [3.05, 3.63) is 61.8 Å². The van der Waals surface area contributed by atoms with E-state index in [1.54, 1.807) is 24.3 Å². The van der Waals surface area contributed by atoms with Crippen LogP contribution in [-0.4, -0.2) is 26.4 Å². The highest BCUT2D eigenvalue weighted by Gasteiger charge is 2.13. The predicted octanol–water partition coefficient (Wildman–Crippen LogP) is -0.138. The molecular weight excluding hydrogens is 300 g/mol. The molecular formula is C15H16N4O4. The Morgan fingerprint density at radius 2 is 1.78 bits per heavy atom. The number of nitrogens with one attached hydrogen (secondary N) is 1. The zero-order valence-electron chi connectivity index (χ0n) is 12.9. The lowest BCUT2D eigenvalue weighted by atomic mass is 10.1. The molecule has 0 fully saturated rings. The third kappa shape index (κ3) is 3.20. The zero-order chi connectivity index (χ0) is 17.1. The maximum absolute atomic E-state index is 11.9. The van der Waals surface area contributed by atoms with Crippen LogP contribution in [0.15, 0.2) is 39.0 Å². The second-order valence-electron chi connectivity index (χ2n) is 5.01. The van der Waals surface area contributed by atoms with Gasteiger partial charge in [0.25, 0.3) is 11.5 Å². The predicted molar refractivity (Wildman–Crippen MR) is 84.8 cm³/mol. The van der Waals surface area contributed by atoms with Gasteiger partial charge in [0.15, 0.2) is 0 Å². The highest BCUT2D eigenvalue weighted by molar-refractivity contribution is 5.95. The number of nitrogens with zero attached hydrogens (tertiary/aromatic N) is 3. The summed E-state index contributed by atoms with van der Waals surface area (Å²) in [6, 6.07) is 6.85. The van der Waals surface area contributed by atoms with Crippen LogP contribution in [0.25, 0.3) is 0 Å². The van der Waals surface area contributed by atoms with Gasteiger partial charge in [-0.15, -0.1) is 0 Å². The molecule has 1 amide bonds. The van der Waals surface area contributed by atoms with Gasteiger partial charge in [0.1, 0.15) is 5.56 Å². The van der Waals surface area contributed by atoms with Crippen molar-refractivity contribution in [3.8, 4) is 5.88 Å². The quantitative estimate of drug-likeness (QED) is 0.607. The molecule has 0 aliphatic carbocycles. The van der Waals surface area contributed by atoms with Crippen LogP contribution in [0.4, 0.5) is 0 Å². The number of hydrogen-bond donors (Lipinski definition) is 2. The maximum Gasteiger partial charge on any atom is 0.333 e. The summed E-state index contributed by atoms with van der Waals surface area (Å²) in [5.74, 6) is -0.978. The van der Waals surface area contributed by atoms with E-state index in [2.05, 4.69) is 10.5 Å². The molecule has 0 bridgehead atoms. The lowest BCUT2D eigenvalue weighted by molar-refractivity contribution is 0.0955. The van der Waals surface area contributed by atoms with Gasteiger partial charge in [0.2, 0.25) is 5.88 Å². The first kappa shape index (κ1) is 16.2. The molecule has 0 radical (unpaired) electrons. The SMILES string of the molecule is Cc1ccc(C(=O)NN=Cc2c(O)n(C)c(=O)n(C)c2=O)cc1. The number of hydrogen-bond acceptors (Lipinski definition) is 5. The molecule has 8 nitrogen and oxygen atoms in total. The first-order valence-electron chi connectivity index (χ1n) is 6.72. The van der Waals surface area contributed by atoms with Gasteiger partial charge < -0.3 is 5.11 Å². The Balaban J connectivity index is 2.25. The monoisotopic (exact) mass is 316 g/mol. The smallest absolute Gasteiger partial charge is 0.333 e. The van der Waals surface area contributed by atoms with E-state index in [0.29, 0.717) is 5.56 Å². The van der Waals surface area contributed by atoms with Crippen molar-refractivity contribution in [1.29, 1.82) is 0 Å². The van der Waals surface area contributed by atoms with Gasteiger partial charge in [-0.3, -0.25) is 18.7 Å². The summed E-state index contributed by atoms with van der Waals surface area (Å²) < 4.78 is 1.74. The minimum atomic E-state index is -0.709. The van der Waals surface area contributed by atoms with E-state index in [1.807, 2.05) is 6.92 Å². The Bertz CT molecular complexity index is 891. The number of amides is 1. The minimum absolute atomic E-state index is 0.196. The number of aromatic hydroxyl groups is 1. The Hall–Kier alpha value is -3.16. The first-order valence-corrected chi connectivity index (χ1v) is 6.72. The maximum atomic E-state index is 11.9. The van der Waals surface area contributed by atoms with E-state index >= 15 is 0 Å². The molecule has 0 saturated heterocycles. The number of aryl methyl sites for hydroxylation is 1. The van der Waals surface area contributed by atoms with Gasteiger partial charge in [-0.05, 0) is 19.1 Å². The molecule has 0 saturated carbocycles. The molecule has 0 spiro atoms. The van der Waals surface area contributed by atoms with Gasteiger partial charge >= 0.3 is 5.69 Å². The second kappa shape index (κ2) is 6.30. The molecule has 0 unspecified atom stereocenters. The van der Waals surface area contributed by atoms with Crippen LogP contribution in [0.1, 0.15) is 21.5 Å². The van der Waals surface area contributed by atoms with Crippen molar-refractivity contribution in [2.75, 3.05) is 0 Å². The highest BCUT2D eigenvalue weighted by atomic mass is 16.3. The normalized spacial score (nSPS) is 10.9. The van der Waals surface area contributed by atoms with E-state index in [1.165, 1.54) is 14.1 Å². The molecule has 8 heteroatoms. The summed E-state index contributed by atoms with van der Waals surface area (Å²) in [5.41, 5.74) is 2.12. The standard InChI is InChI=1S/C15H16N4O4/c1-9-4-6-10(7-5-9)12(20)17-16-8-11-13(21)18(2)15(23)19(3)14(11)22/h4-8,21H,1-3H3,(H,17,20). The molecule has 2 rings (SSSR count). The van der Waals surface area contributed by atoms with E-state index in [9.17, 15) is 19.5 Å². The van der Waals surface area contributed by atoms with Gasteiger partial charge in [0, 0.05) is 19.7 Å². The van der Waals surface area contributed by atoms with Gasteiger partial charge in [-0.2, -0.15) is 5.10 Å². The highest BCUT2D eigenvalue weighted by Crippen LogP contribution is 2.06. The lowest BCUT2D eigenvalue weighted by Crippen LogP contribution is -2.38.